The van der Waals surface area contributed by atoms with Crippen molar-refractivity contribution in [2.24, 2.45) is 0 Å². The van der Waals surface area contributed by atoms with Crippen molar-refractivity contribution in [3.05, 3.63) is 64.0 Å². The van der Waals surface area contributed by atoms with Gasteiger partial charge >= 0.3 is 0 Å². The number of nitrogens with zero attached hydrogens (tertiary/aromatic N) is 4. The fourth-order valence-electron chi connectivity index (χ4n) is 2.48. The second-order valence-electron chi connectivity index (χ2n) is 5.58. The first-order chi connectivity index (χ1) is 12.0. The molecular weight excluding hydrogens is 406 g/mol. The third-order valence-corrected chi connectivity index (χ3v) is 4.39. The molecule has 0 aliphatic heterocycles. The Morgan fingerprint density at radius 3 is 2.72 bits per heavy atom. The van der Waals surface area contributed by atoms with Gasteiger partial charge in [-0.25, -0.2) is 0 Å². The highest BCUT2D eigenvalue weighted by molar-refractivity contribution is 9.10. The number of halogens is 2. The van der Waals surface area contributed by atoms with Crippen molar-refractivity contribution >= 4 is 39.3 Å². The van der Waals surface area contributed by atoms with Crippen LogP contribution in [0.5, 0.6) is 0 Å². The number of benzene rings is 1. The first-order valence-electron chi connectivity index (χ1n) is 7.83. The Hall–Kier alpha value is -2.12. The van der Waals surface area contributed by atoms with Crippen LogP contribution in [0.15, 0.2) is 53.4 Å². The minimum Gasteiger partial charge on any atom is -0.307 e. The van der Waals surface area contributed by atoms with Crippen LogP contribution in [0.2, 0.25) is 5.02 Å². The van der Waals surface area contributed by atoms with E-state index in [0.717, 1.165) is 10.0 Å². The van der Waals surface area contributed by atoms with E-state index in [0.29, 0.717) is 23.8 Å². The average Bonchev–Trinajstić information content (AvgIpc) is 3.20. The zero-order chi connectivity index (χ0) is 17.8. The van der Waals surface area contributed by atoms with Crippen LogP contribution in [0.3, 0.4) is 0 Å². The standard InChI is InChI=1S/C17H17BrClN5O/c1-2-15(24-11-13(18)9-20-24)17(25)21-16-7-8-23(22-16)10-12-3-5-14(19)6-4-12/h3-9,11,15H,2,10H2,1H3,(H,21,22,25). The van der Waals surface area contributed by atoms with E-state index >= 15 is 0 Å². The zero-order valence-corrected chi connectivity index (χ0v) is 15.9. The molecule has 1 unspecified atom stereocenters. The number of anilines is 1. The molecule has 0 saturated carbocycles. The molecule has 0 saturated heterocycles. The minimum absolute atomic E-state index is 0.144. The van der Waals surface area contributed by atoms with Crippen molar-refractivity contribution < 1.29 is 4.79 Å². The molecule has 3 aromatic rings. The molecule has 0 bridgehead atoms. The Morgan fingerprint density at radius 2 is 2.08 bits per heavy atom. The van der Waals surface area contributed by atoms with E-state index in [1.807, 2.05) is 37.4 Å². The van der Waals surface area contributed by atoms with Gasteiger partial charge in [-0.1, -0.05) is 30.7 Å². The van der Waals surface area contributed by atoms with Crippen LogP contribution < -0.4 is 5.32 Å². The average molecular weight is 423 g/mol. The summed E-state index contributed by atoms with van der Waals surface area (Å²) in [6, 6.07) is 8.98. The maximum absolute atomic E-state index is 12.5. The van der Waals surface area contributed by atoms with Gasteiger partial charge in [0.25, 0.3) is 0 Å². The van der Waals surface area contributed by atoms with E-state index < -0.39 is 0 Å². The maximum atomic E-state index is 12.5. The Balaban J connectivity index is 1.65. The third kappa shape index (κ3) is 4.49. The number of rotatable bonds is 6. The van der Waals surface area contributed by atoms with Crippen molar-refractivity contribution in [2.45, 2.75) is 25.9 Å². The van der Waals surface area contributed by atoms with E-state index in [4.69, 9.17) is 11.6 Å². The summed E-state index contributed by atoms with van der Waals surface area (Å²) in [4.78, 5) is 12.5. The second kappa shape index (κ2) is 7.84. The topological polar surface area (TPSA) is 64.7 Å². The SMILES string of the molecule is CCC(C(=O)Nc1ccn(Cc2ccc(Cl)cc2)n1)n1cc(Br)cn1. The van der Waals surface area contributed by atoms with Gasteiger partial charge in [-0.2, -0.15) is 10.2 Å². The lowest BCUT2D eigenvalue weighted by Crippen LogP contribution is -2.26. The van der Waals surface area contributed by atoms with E-state index in [-0.39, 0.29) is 11.9 Å². The summed E-state index contributed by atoms with van der Waals surface area (Å²) in [7, 11) is 0. The first kappa shape index (κ1) is 17.7. The van der Waals surface area contributed by atoms with Crippen LogP contribution in [0.25, 0.3) is 0 Å². The highest BCUT2D eigenvalue weighted by atomic mass is 79.9. The highest BCUT2D eigenvalue weighted by Gasteiger charge is 2.20. The molecule has 130 valence electrons. The number of carbonyl (C=O) groups excluding carboxylic acids is 1. The molecule has 6 nitrogen and oxygen atoms in total. The predicted molar refractivity (Wildman–Crippen MR) is 101 cm³/mol. The van der Waals surface area contributed by atoms with Crippen LogP contribution >= 0.6 is 27.5 Å². The Bertz CT molecular complexity index is 858. The molecule has 1 atom stereocenters. The van der Waals surface area contributed by atoms with Crippen LogP contribution in [0.4, 0.5) is 5.82 Å². The quantitative estimate of drug-likeness (QED) is 0.649. The normalized spacial score (nSPS) is 12.1. The molecule has 0 radical (unpaired) electrons. The molecule has 2 aromatic heterocycles. The van der Waals surface area contributed by atoms with Gasteiger partial charge in [0, 0.05) is 23.5 Å². The van der Waals surface area contributed by atoms with E-state index in [1.165, 1.54) is 0 Å². The van der Waals surface area contributed by atoms with Gasteiger partial charge in [0.05, 0.1) is 17.2 Å². The van der Waals surface area contributed by atoms with Crippen molar-refractivity contribution in [3.63, 3.8) is 0 Å². The maximum Gasteiger partial charge on any atom is 0.250 e. The van der Waals surface area contributed by atoms with Gasteiger partial charge in [0.2, 0.25) is 5.91 Å². The second-order valence-corrected chi connectivity index (χ2v) is 6.93. The summed E-state index contributed by atoms with van der Waals surface area (Å²) < 4.78 is 4.25. The molecule has 0 spiro atoms. The van der Waals surface area contributed by atoms with Crippen LogP contribution in [-0.4, -0.2) is 25.5 Å². The van der Waals surface area contributed by atoms with E-state index in [2.05, 4.69) is 31.4 Å². The summed E-state index contributed by atoms with van der Waals surface area (Å²) in [5.41, 5.74) is 1.08. The van der Waals surface area contributed by atoms with Crippen LogP contribution in [-0.2, 0) is 11.3 Å². The lowest BCUT2D eigenvalue weighted by atomic mass is 10.2. The number of nitrogens with one attached hydrogen (secondary N) is 1. The Kier molecular flexibility index (Phi) is 5.55. The highest BCUT2D eigenvalue weighted by Crippen LogP contribution is 2.17. The molecule has 1 N–H and O–H groups in total. The summed E-state index contributed by atoms with van der Waals surface area (Å²) in [6.07, 6.45) is 5.91. The molecule has 2 heterocycles. The van der Waals surface area contributed by atoms with Gasteiger partial charge in [0.1, 0.15) is 6.04 Å². The number of amides is 1. The van der Waals surface area contributed by atoms with Gasteiger partial charge in [0.15, 0.2) is 5.82 Å². The predicted octanol–water partition coefficient (Wildman–Crippen LogP) is 4.13. The summed E-state index contributed by atoms with van der Waals surface area (Å²) in [5, 5.41) is 12.1. The fourth-order valence-corrected chi connectivity index (χ4v) is 2.91. The first-order valence-corrected chi connectivity index (χ1v) is 9.00. The Morgan fingerprint density at radius 1 is 1.32 bits per heavy atom. The fraction of sp³-hybridized carbons (Fsp3) is 0.235. The van der Waals surface area contributed by atoms with Crippen molar-refractivity contribution in [1.29, 1.82) is 0 Å². The number of hydrogen-bond donors (Lipinski definition) is 1. The van der Waals surface area contributed by atoms with Crippen molar-refractivity contribution in [2.75, 3.05) is 5.32 Å². The molecular formula is C17H17BrClN5O. The molecule has 0 aliphatic rings. The van der Waals surface area contributed by atoms with E-state index in [1.54, 1.807) is 27.8 Å². The Labute approximate surface area is 158 Å². The molecule has 0 aliphatic carbocycles. The molecule has 8 heteroatoms. The molecule has 0 fully saturated rings. The largest absolute Gasteiger partial charge is 0.307 e. The van der Waals surface area contributed by atoms with Crippen LogP contribution in [0.1, 0.15) is 24.9 Å². The lowest BCUT2D eigenvalue weighted by Gasteiger charge is -2.14. The van der Waals surface area contributed by atoms with Crippen molar-refractivity contribution in [1.82, 2.24) is 19.6 Å². The summed E-state index contributed by atoms with van der Waals surface area (Å²) >= 11 is 9.24. The summed E-state index contributed by atoms with van der Waals surface area (Å²) in [5.74, 6) is 0.374. The van der Waals surface area contributed by atoms with Crippen molar-refractivity contribution in [3.8, 4) is 0 Å². The molecule has 3 rings (SSSR count). The van der Waals surface area contributed by atoms with Gasteiger partial charge in [-0.3, -0.25) is 14.2 Å². The van der Waals surface area contributed by atoms with Gasteiger partial charge < -0.3 is 5.32 Å². The lowest BCUT2D eigenvalue weighted by molar-refractivity contribution is -0.119. The molecule has 1 amide bonds. The monoisotopic (exact) mass is 421 g/mol. The number of hydrogen-bond acceptors (Lipinski definition) is 3. The van der Waals surface area contributed by atoms with E-state index in [9.17, 15) is 4.79 Å². The number of aromatic nitrogens is 4. The third-order valence-electron chi connectivity index (χ3n) is 3.73. The summed E-state index contributed by atoms with van der Waals surface area (Å²) in [6.45, 7) is 2.55. The molecule has 25 heavy (non-hydrogen) atoms. The van der Waals surface area contributed by atoms with Gasteiger partial charge in [-0.05, 0) is 40.0 Å². The molecule has 1 aromatic carbocycles. The van der Waals surface area contributed by atoms with Crippen LogP contribution in [0, 0.1) is 0 Å². The minimum atomic E-state index is -0.382. The number of carbonyl (C=O) groups is 1. The van der Waals surface area contributed by atoms with Gasteiger partial charge in [-0.15, -0.1) is 0 Å². The zero-order valence-electron chi connectivity index (χ0n) is 13.6. The smallest absolute Gasteiger partial charge is 0.250 e.